The summed E-state index contributed by atoms with van der Waals surface area (Å²) in [5.41, 5.74) is 10.9. The van der Waals surface area contributed by atoms with Gasteiger partial charge in [-0.25, -0.2) is 8.78 Å². The Morgan fingerprint density at radius 1 is 1.10 bits per heavy atom. The van der Waals surface area contributed by atoms with E-state index < -0.39 is 11.6 Å². The number of hydrogen-bond acceptors (Lipinski definition) is 2. The zero-order chi connectivity index (χ0) is 21.0. The van der Waals surface area contributed by atoms with E-state index in [1.807, 2.05) is 36.2 Å². The largest absolute Gasteiger partial charge is 0.397 e. The third kappa shape index (κ3) is 4.42. The van der Waals surface area contributed by atoms with Crippen LogP contribution in [0.5, 0.6) is 0 Å². The highest BCUT2D eigenvalue weighted by Gasteiger charge is 2.22. The van der Waals surface area contributed by atoms with Crippen LogP contribution in [0, 0.1) is 17.6 Å². The molecule has 2 aromatic rings. The highest BCUT2D eigenvalue weighted by molar-refractivity contribution is 5.88. The summed E-state index contributed by atoms with van der Waals surface area (Å²) in [5.74, 6) is -1.36. The van der Waals surface area contributed by atoms with E-state index in [4.69, 9.17) is 5.73 Å². The molecule has 0 saturated heterocycles. The van der Waals surface area contributed by atoms with Gasteiger partial charge in [-0.1, -0.05) is 48.9 Å². The number of halogens is 2. The van der Waals surface area contributed by atoms with Crippen LogP contribution < -0.4 is 10.6 Å². The lowest BCUT2D eigenvalue weighted by atomic mass is 9.82. The molecule has 0 radical (unpaired) electrons. The fourth-order valence-electron chi connectivity index (χ4n) is 3.83. The van der Waals surface area contributed by atoms with Crippen LogP contribution >= 0.6 is 0 Å². The summed E-state index contributed by atoms with van der Waals surface area (Å²) < 4.78 is 28.5. The summed E-state index contributed by atoms with van der Waals surface area (Å²) in [6, 6.07) is 9.95. The fraction of sp³-hybridized carbons (Fsp3) is 0.280. The summed E-state index contributed by atoms with van der Waals surface area (Å²) in [6.07, 6.45) is 11.4. The molecule has 1 aliphatic rings. The van der Waals surface area contributed by atoms with Gasteiger partial charge in [0.2, 0.25) is 0 Å². The zero-order valence-corrected chi connectivity index (χ0v) is 17.3. The van der Waals surface area contributed by atoms with Crippen LogP contribution in [0.2, 0.25) is 0 Å². The minimum Gasteiger partial charge on any atom is -0.397 e. The van der Waals surface area contributed by atoms with Crippen molar-refractivity contribution in [1.82, 2.24) is 0 Å². The van der Waals surface area contributed by atoms with Gasteiger partial charge in [-0.05, 0) is 55.9 Å². The van der Waals surface area contributed by atoms with Crippen molar-refractivity contribution >= 4 is 22.6 Å². The number of nitrogens with two attached hydrogens (primary N) is 1. The van der Waals surface area contributed by atoms with E-state index in [1.54, 1.807) is 6.07 Å². The Morgan fingerprint density at radius 2 is 1.83 bits per heavy atom. The average molecular weight is 395 g/mol. The molecule has 4 heteroatoms. The third-order valence-corrected chi connectivity index (χ3v) is 5.55. The molecule has 1 unspecified atom stereocenters. The standard InChI is InChI=1S/C25H28F2N2/c1-4-5-6-10-18-11-9-12-19(17(18)2)20-15-21(26)22(27)16-25(20)29(3)24-14-8-7-13-23(24)28/h5-9,12-16,18H,4,10-11,28H2,1-3H3. The first-order valence-electron chi connectivity index (χ1n) is 10.0. The molecular formula is C25H28F2N2. The van der Waals surface area contributed by atoms with E-state index in [2.05, 4.69) is 32.1 Å². The van der Waals surface area contributed by atoms with Crippen LogP contribution in [0.4, 0.5) is 25.8 Å². The lowest BCUT2D eigenvalue weighted by Crippen LogP contribution is -2.15. The summed E-state index contributed by atoms with van der Waals surface area (Å²) >= 11 is 0. The topological polar surface area (TPSA) is 29.3 Å². The van der Waals surface area contributed by atoms with Crippen molar-refractivity contribution in [3.8, 4) is 0 Å². The Labute approximate surface area is 172 Å². The summed E-state index contributed by atoms with van der Waals surface area (Å²) in [5, 5.41) is 0. The average Bonchev–Trinajstić information content (AvgIpc) is 2.71. The molecule has 0 saturated carbocycles. The van der Waals surface area contributed by atoms with Crippen molar-refractivity contribution in [1.29, 1.82) is 0 Å². The first-order chi connectivity index (χ1) is 13.9. The molecule has 2 nitrogen and oxygen atoms in total. The minimum absolute atomic E-state index is 0.353. The first kappa shape index (κ1) is 20.8. The summed E-state index contributed by atoms with van der Waals surface area (Å²) in [7, 11) is 1.83. The van der Waals surface area contributed by atoms with E-state index in [-0.39, 0.29) is 0 Å². The Hall–Kier alpha value is -2.88. The predicted octanol–water partition coefficient (Wildman–Crippen LogP) is 7.02. The number of nitrogen functional groups attached to an aromatic ring is 1. The molecule has 3 rings (SSSR count). The molecule has 0 aromatic heterocycles. The Balaban J connectivity index is 2.10. The number of hydrogen-bond donors (Lipinski definition) is 1. The molecule has 0 aliphatic heterocycles. The van der Waals surface area contributed by atoms with Crippen LogP contribution in [0.25, 0.3) is 5.57 Å². The number of nitrogens with zero attached hydrogens (tertiary/aromatic N) is 1. The van der Waals surface area contributed by atoms with Gasteiger partial charge >= 0.3 is 0 Å². The molecule has 2 N–H and O–H groups in total. The molecule has 0 amide bonds. The van der Waals surface area contributed by atoms with E-state index in [0.717, 1.165) is 30.5 Å². The van der Waals surface area contributed by atoms with Gasteiger partial charge in [0.05, 0.1) is 17.1 Å². The highest BCUT2D eigenvalue weighted by Crippen LogP contribution is 2.40. The Kier molecular flexibility index (Phi) is 6.53. The number of anilines is 3. The van der Waals surface area contributed by atoms with Gasteiger partial charge in [0.25, 0.3) is 0 Å². The van der Waals surface area contributed by atoms with Crippen molar-refractivity contribution < 1.29 is 8.78 Å². The number of allylic oxidation sites excluding steroid dienone is 6. The first-order valence-corrected chi connectivity index (χ1v) is 10.0. The molecule has 1 aliphatic carbocycles. The molecule has 0 fully saturated rings. The van der Waals surface area contributed by atoms with Crippen LogP contribution in [0.15, 0.2) is 66.3 Å². The molecule has 29 heavy (non-hydrogen) atoms. The van der Waals surface area contributed by atoms with Crippen LogP contribution in [-0.4, -0.2) is 7.05 Å². The zero-order valence-electron chi connectivity index (χ0n) is 17.3. The van der Waals surface area contributed by atoms with Crippen molar-refractivity contribution in [3.05, 3.63) is 83.5 Å². The second kappa shape index (κ2) is 9.08. The molecule has 2 aromatic carbocycles. The van der Waals surface area contributed by atoms with Gasteiger partial charge in [-0.15, -0.1) is 0 Å². The van der Waals surface area contributed by atoms with Crippen LogP contribution in [0.1, 0.15) is 38.7 Å². The second-order valence-corrected chi connectivity index (χ2v) is 7.45. The molecule has 0 heterocycles. The lowest BCUT2D eigenvalue weighted by Gasteiger charge is -2.28. The van der Waals surface area contributed by atoms with Crippen molar-refractivity contribution in [2.24, 2.45) is 5.92 Å². The van der Waals surface area contributed by atoms with Crippen LogP contribution in [-0.2, 0) is 0 Å². The van der Waals surface area contributed by atoms with Gasteiger partial charge in [0.15, 0.2) is 11.6 Å². The van der Waals surface area contributed by atoms with Gasteiger partial charge in [0.1, 0.15) is 0 Å². The van der Waals surface area contributed by atoms with Crippen molar-refractivity contribution in [3.63, 3.8) is 0 Å². The molecule has 1 atom stereocenters. The van der Waals surface area contributed by atoms with E-state index in [9.17, 15) is 8.78 Å². The second-order valence-electron chi connectivity index (χ2n) is 7.45. The highest BCUT2D eigenvalue weighted by atomic mass is 19.2. The normalized spacial score (nSPS) is 16.7. The lowest BCUT2D eigenvalue weighted by molar-refractivity contribution is 0.508. The van der Waals surface area contributed by atoms with Gasteiger partial charge < -0.3 is 10.6 Å². The van der Waals surface area contributed by atoms with Gasteiger partial charge in [0, 0.05) is 18.7 Å². The molecule has 0 spiro atoms. The smallest absolute Gasteiger partial charge is 0.160 e. The van der Waals surface area contributed by atoms with Gasteiger partial charge in [-0.3, -0.25) is 0 Å². The third-order valence-electron chi connectivity index (χ3n) is 5.55. The monoisotopic (exact) mass is 394 g/mol. The Morgan fingerprint density at radius 3 is 2.55 bits per heavy atom. The molecule has 152 valence electrons. The van der Waals surface area contributed by atoms with Crippen molar-refractivity contribution in [2.75, 3.05) is 17.7 Å². The number of benzene rings is 2. The maximum atomic E-state index is 14.3. The van der Waals surface area contributed by atoms with Crippen molar-refractivity contribution in [2.45, 2.75) is 33.1 Å². The van der Waals surface area contributed by atoms with E-state index in [1.165, 1.54) is 17.7 Å². The van der Waals surface area contributed by atoms with E-state index in [0.29, 0.717) is 22.9 Å². The predicted molar refractivity (Wildman–Crippen MR) is 119 cm³/mol. The maximum Gasteiger partial charge on any atom is 0.160 e. The Bertz CT molecular complexity index is 973. The molecule has 0 bridgehead atoms. The fourth-order valence-corrected chi connectivity index (χ4v) is 3.83. The maximum absolute atomic E-state index is 14.3. The quantitative estimate of drug-likeness (QED) is 0.421. The van der Waals surface area contributed by atoms with Crippen LogP contribution in [0.3, 0.4) is 0 Å². The summed E-state index contributed by atoms with van der Waals surface area (Å²) in [4.78, 5) is 1.82. The molecular weight excluding hydrogens is 366 g/mol. The number of para-hydroxylation sites is 2. The van der Waals surface area contributed by atoms with E-state index >= 15 is 0 Å². The van der Waals surface area contributed by atoms with Gasteiger partial charge in [-0.2, -0.15) is 0 Å². The minimum atomic E-state index is -0.870. The summed E-state index contributed by atoms with van der Waals surface area (Å²) in [6.45, 7) is 4.20. The SMILES string of the molecule is CCC=CCC1CC=CC(c2cc(F)c(F)cc2N(C)c2ccccc2N)=C1C. The number of rotatable bonds is 6.